The van der Waals surface area contributed by atoms with Gasteiger partial charge in [-0.15, -0.1) is 0 Å². The molecule has 2 aromatic heterocycles. The van der Waals surface area contributed by atoms with Crippen LogP contribution in [0.25, 0.3) is 5.65 Å². The van der Waals surface area contributed by atoms with Crippen molar-refractivity contribution in [2.45, 2.75) is 26.7 Å². The summed E-state index contributed by atoms with van der Waals surface area (Å²) in [6.45, 7) is 4.38. The van der Waals surface area contributed by atoms with Crippen LogP contribution in [0.3, 0.4) is 0 Å². The lowest BCUT2D eigenvalue weighted by Gasteiger charge is -2.17. The first-order valence-corrected chi connectivity index (χ1v) is 8.34. The van der Waals surface area contributed by atoms with Crippen molar-refractivity contribution in [2.24, 2.45) is 0 Å². The van der Waals surface area contributed by atoms with E-state index in [0.717, 1.165) is 15.8 Å². The third-order valence-electron chi connectivity index (χ3n) is 3.50. The number of ether oxygens (including phenoxy) is 1. The molecule has 7 heteroatoms. The van der Waals surface area contributed by atoms with Crippen LogP contribution in [0.4, 0.5) is 0 Å². The van der Waals surface area contributed by atoms with E-state index in [2.05, 4.69) is 20.9 Å². The predicted octanol–water partition coefficient (Wildman–Crippen LogP) is 2.68. The molecule has 0 aromatic carbocycles. The Morgan fingerprint density at radius 2 is 2.09 bits per heavy atom. The highest BCUT2D eigenvalue weighted by atomic mass is 79.9. The molecule has 0 aliphatic carbocycles. The molecule has 0 saturated carbocycles. The molecule has 0 bridgehead atoms. The Morgan fingerprint density at radius 1 is 1.35 bits per heavy atom. The Labute approximate surface area is 143 Å². The molecule has 124 valence electrons. The van der Waals surface area contributed by atoms with E-state index < -0.39 is 0 Å². The molecular weight excluding hydrogens is 362 g/mol. The fourth-order valence-electron chi connectivity index (χ4n) is 2.31. The Bertz CT molecular complexity index is 727. The Balaban J connectivity index is 2.25. The number of imidazole rings is 1. The normalized spacial score (nSPS) is 10.8. The highest BCUT2D eigenvalue weighted by Gasteiger charge is 2.22. The number of esters is 1. The van der Waals surface area contributed by atoms with Gasteiger partial charge in [-0.1, -0.05) is 6.92 Å². The molecule has 0 atom stereocenters. The minimum atomic E-state index is -0.302. The second kappa shape index (κ2) is 7.59. The minimum absolute atomic E-state index is 0.156. The molecule has 0 saturated heterocycles. The second-order valence-electron chi connectivity index (χ2n) is 5.12. The molecule has 6 nitrogen and oxygen atoms in total. The summed E-state index contributed by atoms with van der Waals surface area (Å²) < 4.78 is 7.55. The van der Waals surface area contributed by atoms with Gasteiger partial charge in [-0.3, -0.25) is 14.0 Å². The number of hydrogen-bond acceptors (Lipinski definition) is 4. The molecular formula is C16H20BrN3O3. The molecule has 0 aliphatic heterocycles. The van der Waals surface area contributed by atoms with Gasteiger partial charge >= 0.3 is 5.97 Å². The number of aryl methyl sites for hydroxylation is 1. The maximum absolute atomic E-state index is 12.8. The SMILES string of the molecule is CCOC(=O)CCN(C)C(=O)c1c(CC)nc2ccc(Br)cn12. The van der Waals surface area contributed by atoms with Gasteiger partial charge in [0.1, 0.15) is 11.3 Å². The maximum Gasteiger partial charge on any atom is 0.307 e. The number of nitrogens with zero attached hydrogens (tertiary/aromatic N) is 3. The van der Waals surface area contributed by atoms with Crippen molar-refractivity contribution in [3.63, 3.8) is 0 Å². The van der Waals surface area contributed by atoms with Crippen molar-refractivity contribution in [1.29, 1.82) is 0 Å². The largest absolute Gasteiger partial charge is 0.466 e. The van der Waals surface area contributed by atoms with Crippen molar-refractivity contribution in [3.05, 3.63) is 34.2 Å². The Hall–Kier alpha value is -1.89. The van der Waals surface area contributed by atoms with Gasteiger partial charge < -0.3 is 9.64 Å². The molecule has 0 aliphatic rings. The van der Waals surface area contributed by atoms with E-state index in [0.29, 0.717) is 25.3 Å². The Morgan fingerprint density at radius 3 is 2.74 bits per heavy atom. The first kappa shape index (κ1) is 17.5. The van der Waals surface area contributed by atoms with Gasteiger partial charge in [0, 0.05) is 24.3 Å². The van der Waals surface area contributed by atoms with Crippen LogP contribution >= 0.6 is 15.9 Å². The van der Waals surface area contributed by atoms with E-state index in [4.69, 9.17) is 4.74 Å². The molecule has 2 heterocycles. The van der Waals surface area contributed by atoms with Crippen molar-refractivity contribution >= 4 is 33.5 Å². The van der Waals surface area contributed by atoms with E-state index in [9.17, 15) is 9.59 Å². The zero-order chi connectivity index (χ0) is 17.0. The number of hydrogen-bond donors (Lipinski definition) is 0. The molecule has 2 rings (SSSR count). The first-order chi connectivity index (χ1) is 11.0. The lowest BCUT2D eigenvalue weighted by atomic mass is 10.2. The summed E-state index contributed by atoms with van der Waals surface area (Å²) in [4.78, 5) is 30.3. The number of amides is 1. The van der Waals surface area contributed by atoms with E-state index in [1.165, 1.54) is 4.90 Å². The van der Waals surface area contributed by atoms with E-state index in [1.807, 2.05) is 25.3 Å². The predicted molar refractivity (Wildman–Crippen MR) is 90.5 cm³/mol. The monoisotopic (exact) mass is 381 g/mol. The fraction of sp³-hybridized carbons (Fsp3) is 0.438. The zero-order valence-electron chi connectivity index (χ0n) is 13.5. The van der Waals surface area contributed by atoms with Crippen LogP contribution in [0, 0.1) is 0 Å². The molecule has 0 N–H and O–H groups in total. The molecule has 0 unspecified atom stereocenters. The van der Waals surface area contributed by atoms with Crippen LogP contribution in [0.1, 0.15) is 36.5 Å². The van der Waals surface area contributed by atoms with Gasteiger partial charge in [0.05, 0.1) is 18.7 Å². The van der Waals surface area contributed by atoms with Gasteiger partial charge in [0.2, 0.25) is 0 Å². The topological polar surface area (TPSA) is 63.9 Å². The van der Waals surface area contributed by atoms with Crippen LogP contribution in [0.5, 0.6) is 0 Å². The summed E-state index contributed by atoms with van der Waals surface area (Å²) in [5.41, 5.74) is 2.01. The summed E-state index contributed by atoms with van der Waals surface area (Å²) in [6.07, 6.45) is 2.66. The Kier molecular flexibility index (Phi) is 5.76. The maximum atomic E-state index is 12.8. The lowest BCUT2D eigenvalue weighted by molar-refractivity contribution is -0.143. The number of aromatic nitrogens is 2. The van der Waals surface area contributed by atoms with Gasteiger partial charge in [-0.05, 0) is 41.4 Å². The molecule has 0 radical (unpaired) electrons. The van der Waals surface area contributed by atoms with Crippen molar-refractivity contribution in [1.82, 2.24) is 14.3 Å². The van der Waals surface area contributed by atoms with Gasteiger partial charge in [-0.2, -0.15) is 0 Å². The smallest absolute Gasteiger partial charge is 0.307 e. The van der Waals surface area contributed by atoms with Crippen LogP contribution in [-0.4, -0.2) is 46.4 Å². The highest BCUT2D eigenvalue weighted by molar-refractivity contribution is 9.10. The summed E-state index contributed by atoms with van der Waals surface area (Å²) in [5, 5.41) is 0. The average Bonchev–Trinajstić information content (AvgIpc) is 2.89. The van der Waals surface area contributed by atoms with Gasteiger partial charge in [0.15, 0.2) is 0 Å². The number of halogens is 1. The fourth-order valence-corrected chi connectivity index (χ4v) is 2.65. The summed E-state index contributed by atoms with van der Waals surface area (Å²) in [6, 6.07) is 3.75. The third kappa shape index (κ3) is 3.90. The number of fused-ring (bicyclic) bond motifs is 1. The number of rotatable bonds is 6. The minimum Gasteiger partial charge on any atom is -0.466 e. The van der Waals surface area contributed by atoms with E-state index in [1.54, 1.807) is 18.4 Å². The number of pyridine rings is 1. The van der Waals surface area contributed by atoms with Crippen molar-refractivity contribution < 1.29 is 14.3 Å². The van der Waals surface area contributed by atoms with Crippen LogP contribution in [0.15, 0.2) is 22.8 Å². The molecule has 0 fully saturated rings. The molecule has 1 amide bonds. The molecule has 23 heavy (non-hydrogen) atoms. The van der Waals surface area contributed by atoms with Gasteiger partial charge in [0.25, 0.3) is 5.91 Å². The quantitative estimate of drug-likeness (QED) is 0.721. The summed E-state index contributed by atoms with van der Waals surface area (Å²) in [7, 11) is 1.68. The first-order valence-electron chi connectivity index (χ1n) is 7.55. The average molecular weight is 382 g/mol. The summed E-state index contributed by atoms with van der Waals surface area (Å²) >= 11 is 3.42. The number of carbonyl (C=O) groups excluding carboxylic acids is 2. The van der Waals surface area contributed by atoms with Gasteiger partial charge in [-0.25, -0.2) is 4.98 Å². The van der Waals surface area contributed by atoms with Crippen molar-refractivity contribution in [2.75, 3.05) is 20.2 Å². The van der Waals surface area contributed by atoms with Crippen LogP contribution < -0.4 is 0 Å². The van der Waals surface area contributed by atoms with Crippen LogP contribution in [0.2, 0.25) is 0 Å². The second-order valence-corrected chi connectivity index (χ2v) is 6.03. The lowest BCUT2D eigenvalue weighted by Crippen LogP contribution is -2.31. The summed E-state index contributed by atoms with van der Waals surface area (Å²) in [5.74, 6) is -0.458. The molecule has 0 spiro atoms. The third-order valence-corrected chi connectivity index (χ3v) is 3.96. The highest BCUT2D eigenvalue weighted by Crippen LogP contribution is 2.19. The number of carbonyl (C=O) groups is 2. The standard InChI is InChI=1S/C16H20BrN3O3/c1-4-12-15(20-10-11(17)6-7-13(20)18-12)16(22)19(3)9-8-14(21)23-5-2/h6-7,10H,4-5,8-9H2,1-3H3. The molecule has 2 aromatic rings. The van der Waals surface area contributed by atoms with E-state index >= 15 is 0 Å². The van der Waals surface area contributed by atoms with Crippen molar-refractivity contribution in [3.8, 4) is 0 Å². The van der Waals surface area contributed by atoms with E-state index in [-0.39, 0.29) is 18.3 Å². The van der Waals surface area contributed by atoms with Crippen LogP contribution in [-0.2, 0) is 16.0 Å². The zero-order valence-corrected chi connectivity index (χ0v) is 15.1.